The molecule has 17 heteroatoms. The smallest absolute Gasteiger partial charge is 0.264 e. The number of allylic oxidation sites excluding steroid dienone is 1. The number of rotatable bonds is 14. The number of likely N-dealkylation sites (tertiary alicyclic amines) is 3. The summed E-state index contributed by atoms with van der Waals surface area (Å²) in [4.78, 5) is 77.9. The van der Waals surface area contributed by atoms with Gasteiger partial charge in [0.05, 0.1) is 17.3 Å². The maximum absolute atomic E-state index is 14.6. The highest BCUT2D eigenvalue weighted by molar-refractivity contribution is 6.24. The molecule has 4 atom stereocenters. The lowest BCUT2D eigenvalue weighted by Crippen LogP contribution is -2.63. The van der Waals surface area contributed by atoms with E-state index in [1.165, 1.54) is 12.4 Å². The van der Waals surface area contributed by atoms with Gasteiger partial charge in [0, 0.05) is 100 Å². The fraction of sp³-hybridized carbons (Fsp3) is 0.592. The van der Waals surface area contributed by atoms with E-state index in [1.54, 1.807) is 26.1 Å². The largest absolute Gasteiger partial charge is 0.404 e. The van der Waals surface area contributed by atoms with Gasteiger partial charge in [-0.3, -0.25) is 39.2 Å². The number of imide groups is 2. The minimum absolute atomic E-state index is 0.0126. The second-order valence-electron chi connectivity index (χ2n) is 19.1. The molecule has 6 aliphatic rings. The molecule has 0 aliphatic carbocycles. The molecule has 4 saturated heterocycles. The first-order chi connectivity index (χ1) is 31.8. The molecule has 0 saturated carbocycles. The van der Waals surface area contributed by atoms with E-state index in [0.29, 0.717) is 60.3 Å². The Hall–Kier alpha value is -5.10. The van der Waals surface area contributed by atoms with E-state index in [1.807, 2.05) is 23.1 Å². The number of halogens is 2. The molecule has 4 fully saturated rings. The molecule has 15 nitrogen and oxygen atoms in total. The van der Waals surface area contributed by atoms with Crippen molar-refractivity contribution in [3.63, 3.8) is 0 Å². The van der Waals surface area contributed by atoms with Gasteiger partial charge in [0.1, 0.15) is 6.04 Å². The highest BCUT2D eigenvalue weighted by Crippen LogP contribution is 2.39. The van der Waals surface area contributed by atoms with E-state index >= 15 is 0 Å². The van der Waals surface area contributed by atoms with Crippen LogP contribution in [0.2, 0.25) is 0 Å². The molecule has 0 bridgehead atoms. The Balaban J connectivity index is 0.811. The van der Waals surface area contributed by atoms with E-state index < -0.39 is 36.4 Å². The van der Waals surface area contributed by atoms with E-state index in [4.69, 9.17) is 11.5 Å². The second kappa shape index (κ2) is 20.8. The van der Waals surface area contributed by atoms with Gasteiger partial charge < -0.3 is 36.4 Å². The third kappa shape index (κ3) is 10.1. The quantitative estimate of drug-likeness (QED) is 0.160. The van der Waals surface area contributed by atoms with Gasteiger partial charge in [0.2, 0.25) is 17.7 Å². The summed E-state index contributed by atoms with van der Waals surface area (Å²) in [6, 6.07) is 8.19. The van der Waals surface area contributed by atoms with E-state index in [-0.39, 0.29) is 42.2 Å². The zero-order valence-corrected chi connectivity index (χ0v) is 38.4. The number of nitrogens with two attached hydrogens (primary N) is 2. The Morgan fingerprint density at radius 1 is 0.939 bits per heavy atom. The van der Waals surface area contributed by atoms with Crippen LogP contribution in [0.5, 0.6) is 0 Å². The SMILES string of the molecule is CN=CC(=CN)c1cc2c(cc1C(F)F)N(C(N)C1CN(C(C)=O)CCC1NC1CCN(CCN3CCC(CCc4cccc5c4C(=O)N(C4CCC(=O)NC4=O)C5=O)CC3)CC1)CCC2. The molecule has 6 N–H and O–H groups in total. The molecular formula is C49H66F2N10O5. The lowest BCUT2D eigenvalue weighted by atomic mass is 9.85. The van der Waals surface area contributed by atoms with Crippen LogP contribution in [0.3, 0.4) is 0 Å². The average molecular weight is 913 g/mol. The minimum Gasteiger partial charge on any atom is -0.404 e. The van der Waals surface area contributed by atoms with Crippen molar-refractivity contribution in [1.82, 2.24) is 30.2 Å². The van der Waals surface area contributed by atoms with Gasteiger partial charge in [0.25, 0.3) is 18.2 Å². The van der Waals surface area contributed by atoms with Gasteiger partial charge >= 0.3 is 0 Å². The maximum atomic E-state index is 14.6. The number of anilines is 1. The van der Waals surface area contributed by atoms with E-state index in [2.05, 4.69) is 30.3 Å². The Morgan fingerprint density at radius 2 is 1.67 bits per heavy atom. The number of aliphatic imine (C=N–C) groups is 1. The number of carbonyl (C=O) groups excluding carboxylic acids is 5. The molecule has 0 radical (unpaired) electrons. The van der Waals surface area contributed by atoms with Crippen LogP contribution < -0.4 is 27.0 Å². The molecule has 5 amide bonds. The molecule has 2 aromatic rings. The Morgan fingerprint density at radius 3 is 2.33 bits per heavy atom. The third-order valence-corrected chi connectivity index (χ3v) is 15.2. The van der Waals surface area contributed by atoms with Gasteiger partial charge in [-0.15, -0.1) is 0 Å². The zero-order valence-electron chi connectivity index (χ0n) is 38.4. The predicted octanol–water partition coefficient (Wildman–Crippen LogP) is 3.70. The van der Waals surface area contributed by atoms with Crippen LogP contribution in [0, 0.1) is 11.8 Å². The van der Waals surface area contributed by atoms with Gasteiger partial charge in [0.15, 0.2) is 0 Å². The van der Waals surface area contributed by atoms with Crippen LogP contribution in [-0.2, 0) is 27.2 Å². The Labute approximate surface area is 386 Å². The van der Waals surface area contributed by atoms with Crippen LogP contribution in [-0.4, -0.2) is 146 Å². The first-order valence-corrected chi connectivity index (χ1v) is 24.0. The molecule has 8 rings (SSSR count). The summed E-state index contributed by atoms with van der Waals surface area (Å²) < 4.78 is 29.2. The van der Waals surface area contributed by atoms with Crippen molar-refractivity contribution < 1.29 is 32.8 Å². The summed E-state index contributed by atoms with van der Waals surface area (Å²) in [5, 5.41) is 6.24. The second-order valence-corrected chi connectivity index (χ2v) is 19.1. The highest BCUT2D eigenvalue weighted by atomic mass is 19.3. The van der Waals surface area contributed by atoms with Gasteiger partial charge in [-0.2, -0.15) is 0 Å². The first kappa shape index (κ1) is 47.4. The van der Waals surface area contributed by atoms with Gasteiger partial charge in [-0.05, 0) is 131 Å². The number of aryl methyl sites for hydroxylation is 2. The first-order valence-electron chi connectivity index (χ1n) is 24.0. The summed E-state index contributed by atoms with van der Waals surface area (Å²) in [5.41, 5.74) is 17.0. The molecular weight excluding hydrogens is 847 g/mol. The van der Waals surface area contributed by atoms with Crippen molar-refractivity contribution in [2.45, 2.75) is 108 Å². The molecule has 356 valence electrons. The lowest BCUT2D eigenvalue weighted by molar-refractivity contribution is -0.136. The van der Waals surface area contributed by atoms with E-state index in [9.17, 15) is 32.8 Å². The minimum atomic E-state index is -2.71. The summed E-state index contributed by atoms with van der Waals surface area (Å²) in [6.07, 6.45) is 7.93. The summed E-state index contributed by atoms with van der Waals surface area (Å²) in [5.74, 6) is -1.48. The fourth-order valence-corrected chi connectivity index (χ4v) is 11.4. The molecule has 0 aromatic heterocycles. The highest BCUT2D eigenvalue weighted by Gasteiger charge is 2.46. The standard InChI is InChI=1S/C49H66F2N10O5/c1-30(62)59-22-16-40(39(29-59)46(53)60-17-4-6-33-25-37(34(27-52)28-54-2)38(45(50)51)26-42(33)60)55-35-14-20-58(21-15-35)24-23-57-18-12-31(13-19-57)8-9-32-5-3-7-36-44(32)49(66)61(48(36)65)41-10-11-43(63)56-47(41)64/h3,5,7,25-28,31,35,39-41,45-46,55H,4,6,8-24,29,52-53H2,1-2H3,(H,56,63,64). The number of hydrogen-bond donors (Lipinski definition) is 4. The molecule has 6 aliphatic heterocycles. The Bertz CT molecular complexity index is 2220. The molecule has 4 unspecified atom stereocenters. The average Bonchev–Trinajstić information content (AvgIpc) is 3.57. The number of amides is 5. The van der Waals surface area contributed by atoms with Crippen LogP contribution in [0.4, 0.5) is 14.5 Å². The number of hydrogen-bond acceptors (Lipinski definition) is 12. The van der Waals surface area contributed by atoms with Crippen molar-refractivity contribution in [2.75, 3.05) is 70.9 Å². The molecule has 0 spiro atoms. The monoisotopic (exact) mass is 913 g/mol. The van der Waals surface area contributed by atoms with Crippen molar-refractivity contribution in [3.8, 4) is 0 Å². The Kier molecular flexibility index (Phi) is 15.0. The molecule has 6 heterocycles. The predicted molar refractivity (Wildman–Crippen MR) is 249 cm³/mol. The summed E-state index contributed by atoms with van der Waals surface area (Å²) in [6.45, 7) is 9.40. The van der Waals surface area contributed by atoms with Crippen molar-refractivity contribution in [1.29, 1.82) is 0 Å². The van der Waals surface area contributed by atoms with Crippen LogP contribution >= 0.6 is 0 Å². The number of nitrogens with zero attached hydrogens (tertiary/aromatic N) is 6. The van der Waals surface area contributed by atoms with Gasteiger partial charge in [-0.1, -0.05) is 12.1 Å². The number of nitrogens with one attached hydrogen (secondary N) is 2. The number of benzene rings is 2. The topological polar surface area (TPSA) is 190 Å². The molecule has 66 heavy (non-hydrogen) atoms. The lowest BCUT2D eigenvalue weighted by Gasteiger charge is -2.48. The van der Waals surface area contributed by atoms with Crippen LogP contribution in [0.25, 0.3) is 5.57 Å². The summed E-state index contributed by atoms with van der Waals surface area (Å²) in [7, 11) is 1.59. The fourth-order valence-electron chi connectivity index (χ4n) is 11.4. The van der Waals surface area contributed by atoms with E-state index in [0.717, 1.165) is 112 Å². The normalized spacial score (nSPS) is 24.7. The van der Waals surface area contributed by atoms with Crippen LogP contribution in [0.1, 0.15) is 114 Å². The van der Waals surface area contributed by atoms with Gasteiger partial charge in [-0.25, -0.2) is 8.78 Å². The van der Waals surface area contributed by atoms with Crippen molar-refractivity contribution in [3.05, 3.63) is 69.9 Å². The maximum Gasteiger partial charge on any atom is 0.264 e. The summed E-state index contributed by atoms with van der Waals surface area (Å²) >= 11 is 0. The number of alkyl halides is 2. The number of fused-ring (bicyclic) bond motifs is 2. The third-order valence-electron chi connectivity index (χ3n) is 15.2. The van der Waals surface area contributed by atoms with Crippen LogP contribution in [0.15, 0.2) is 41.5 Å². The number of piperidine rings is 4. The number of carbonyl (C=O) groups is 5. The zero-order chi connectivity index (χ0) is 46.6. The molecule has 2 aromatic carbocycles. The van der Waals surface area contributed by atoms with Crippen molar-refractivity contribution >= 4 is 47.0 Å². The van der Waals surface area contributed by atoms with Crippen molar-refractivity contribution in [2.24, 2.45) is 28.3 Å².